The molecule has 0 aliphatic carbocycles. The minimum Gasteiger partial charge on any atom is -0.462 e. The summed E-state index contributed by atoms with van der Waals surface area (Å²) >= 11 is 0. The van der Waals surface area contributed by atoms with Crippen molar-refractivity contribution in [3.05, 3.63) is 97.2 Å². The number of phosphoric acid groups is 1. The number of phosphoric ester groups is 1. The van der Waals surface area contributed by atoms with Gasteiger partial charge in [-0.05, 0) is 64.2 Å². The summed E-state index contributed by atoms with van der Waals surface area (Å²) in [4.78, 5) is 34.9. The number of hydrogen-bond acceptors (Lipinski definition) is 11. The van der Waals surface area contributed by atoms with Gasteiger partial charge in [-0.3, -0.25) is 18.6 Å². The Morgan fingerprint density at radius 2 is 1.28 bits per heavy atom. The molecule has 6 N–H and O–H groups in total. The topological polar surface area (TPSA) is 195 Å². The van der Waals surface area contributed by atoms with Gasteiger partial charge in [0.05, 0.1) is 31.5 Å². The van der Waals surface area contributed by atoms with E-state index in [9.17, 15) is 34.4 Å². The van der Waals surface area contributed by atoms with Gasteiger partial charge in [0, 0.05) is 19.4 Å². The summed E-state index contributed by atoms with van der Waals surface area (Å²) in [6.45, 7) is 3.04. The molecule has 13 heteroatoms. The van der Waals surface area contributed by atoms with Crippen LogP contribution in [0.3, 0.4) is 0 Å². The SMILES string of the molecule is CC/C=C\C[C@@H](O)/C=C/C=C/C=C\C=C/[C@H](O)[C@@H](O)CCCC(=O)OC[C@H](COP(=O)(O)OCCN)OC(=O)CCC/C=C\C/C=C\C/C=C\CCCCCCCC. The number of carbonyl (C=O) groups excluding carboxylic acids is 2. The first-order chi connectivity index (χ1) is 28.0. The van der Waals surface area contributed by atoms with Crippen molar-refractivity contribution >= 4 is 19.8 Å². The summed E-state index contributed by atoms with van der Waals surface area (Å²) in [7, 11) is -4.48. The zero-order valence-electron chi connectivity index (χ0n) is 35.1. The van der Waals surface area contributed by atoms with Crippen LogP contribution in [0.1, 0.15) is 123 Å². The Morgan fingerprint density at radius 1 is 0.672 bits per heavy atom. The van der Waals surface area contributed by atoms with Crippen LogP contribution in [0.2, 0.25) is 0 Å². The maximum absolute atomic E-state index is 12.6. The van der Waals surface area contributed by atoms with Crippen LogP contribution in [0.15, 0.2) is 97.2 Å². The molecule has 58 heavy (non-hydrogen) atoms. The second kappa shape index (κ2) is 39.3. The zero-order chi connectivity index (χ0) is 43.0. The van der Waals surface area contributed by atoms with E-state index >= 15 is 0 Å². The van der Waals surface area contributed by atoms with Crippen molar-refractivity contribution in [3.63, 3.8) is 0 Å². The molecule has 0 rings (SSSR count). The highest BCUT2D eigenvalue weighted by Gasteiger charge is 2.26. The number of aliphatic hydroxyl groups is 3. The highest BCUT2D eigenvalue weighted by atomic mass is 31.2. The third-order valence-electron chi connectivity index (χ3n) is 8.30. The molecule has 0 aliphatic heterocycles. The second-order valence-electron chi connectivity index (χ2n) is 13.7. The Morgan fingerprint density at radius 3 is 1.95 bits per heavy atom. The molecule has 0 aromatic heterocycles. The van der Waals surface area contributed by atoms with E-state index in [1.165, 1.54) is 44.6 Å². The van der Waals surface area contributed by atoms with E-state index in [2.05, 4.69) is 31.2 Å². The minimum atomic E-state index is -4.48. The van der Waals surface area contributed by atoms with E-state index in [1.807, 2.05) is 31.2 Å². The van der Waals surface area contributed by atoms with Gasteiger partial charge in [0.15, 0.2) is 6.10 Å². The minimum absolute atomic E-state index is 0.00890. The van der Waals surface area contributed by atoms with Gasteiger partial charge in [-0.2, -0.15) is 0 Å². The molecule has 0 heterocycles. The molecule has 12 nitrogen and oxygen atoms in total. The zero-order valence-corrected chi connectivity index (χ0v) is 36.0. The van der Waals surface area contributed by atoms with E-state index in [1.54, 1.807) is 42.5 Å². The first kappa shape index (κ1) is 54.8. The Kier molecular flexibility index (Phi) is 37.1. The molecule has 0 radical (unpaired) electrons. The largest absolute Gasteiger partial charge is 0.472 e. The molecular weight excluding hydrogens is 761 g/mol. The quantitative estimate of drug-likeness (QED) is 0.0132. The van der Waals surface area contributed by atoms with Gasteiger partial charge < -0.3 is 35.4 Å². The molecule has 0 amide bonds. The van der Waals surface area contributed by atoms with E-state index in [0.29, 0.717) is 19.3 Å². The second-order valence-corrected chi connectivity index (χ2v) is 15.1. The van der Waals surface area contributed by atoms with Gasteiger partial charge in [0.2, 0.25) is 0 Å². The van der Waals surface area contributed by atoms with Crippen LogP contribution in [-0.4, -0.2) is 82.9 Å². The van der Waals surface area contributed by atoms with Gasteiger partial charge in [0.25, 0.3) is 0 Å². The monoisotopic (exact) mass is 835 g/mol. The number of ether oxygens (including phenoxy) is 2. The number of hydrogen-bond donors (Lipinski definition) is 5. The maximum atomic E-state index is 12.6. The molecule has 1 unspecified atom stereocenters. The number of allylic oxidation sites excluding steroid dienone is 13. The smallest absolute Gasteiger partial charge is 0.462 e. The number of carbonyl (C=O) groups is 2. The van der Waals surface area contributed by atoms with Crippen molar-refractivity contribution < 1.29 is 52.9 Å². The summed E-state index contributed by atoms with van der Waals surface area (Å²) in [5.41, 5.74) is 5.32. The summed E-state index contributed by atoms with van der Waals surface area (Å²) in [6, 6.07) is 0. The van der Waals surface area contributed by atoms with E-state index < -0.39 is 57.4 Å². The summed E-state index contributed by atoms with van der Waals surface area (Å²) in [6.07, 6.45) is 39.7. The molecule has 0 spiro atoms. The van der Waals surface area contributed by atoms with Crippen LogP contribution < -0.4 is 5.73 Å². The number of esters is 2. The van der Waals surface area contributed by atoms with Crippen LogP contribution in [-0.2, 0) is 32.7 Å². The Hall–Kier alpha value is -3.19. The van der Waals surface area contributed by atoms with Crippen LogP contribution >= 0.6 is 7.82 Å². The molecule has 0 bridgehead atoms. The van der Waals surface area contributed by atoms with Gasteiger partial charge in [-0.25, -0.2) is 4.57 Å². The fourth-order valence-electron chi connectivity index (χ4n) is 5.05. The van der Waals surface area contributed by atoms with Crippen molar-refractivity contribution in [1.82, 2.24) is 0 Å². The molecule has 0 aliphatic rings. The average molecular weight is 836 g/mol. The van der Waals surface area contributed by atoms with Crippen LogP contribution in [0.25, 0.3) is 0 Å². The number of rotatable bonds is 37. The molecule has 0 aromatic carbocycles. The third-order valence-corrected chi connectivity index (χ3v) is 9.28. The summed E-state index contributed by atoms with van der Waals surface area (Å²) in [5, 5.41) is 30.3. The highest BCUT2D eigenvalue weighted by Crippen LogP contribution is 2.43. The fraction of sp³-hybridized carbons (Fsp3) is 0.600. The highest BCUT2D eigenvalue weighted by molar-refractivity contribution is 7.47. The predicted molar refractivity (Wildman–Crippen MR) is 233 cm³/mol. The van der Waals surface area contributed by atoms with Crippen LogP contribution in [0.4, 0.5) is 0 Å². The van der Waals surface area contributed by atoms with Gasteiger partial charge in [-0.1, -0.05) is 143 Å². The molecule has 0 fully saturated rings. The predicted octanol–water partition coefficient (Wildman–Crippen LogP) is 8.74. The lowest BCUT2D eigenvalue weighted by Gasteiger charge is -2.20. The first-order valence-electron chi connectivity index (χ1n) is 21.0. The van der Waals surface area contributed by atoms with Crippen molar-refractivity contribution in [2.24, 2.45) is 5.73 Å². The van der Waals surface area contributed by atoms with Crippen LogP contribution in [0, 0.1) is 0 Å². The number of nitrogens with two attached hydrogens (primary N) is 1. The van der Waals surface area contributed by atoms with Crippen molar-refractivity contribution in [2.75, 3.05) is 26.4 Å². The molecular formula is C45H74NO11P. The van der Waals surface area contributed by atoms with Gasteiger partial charge >= 0.3 is 19.8 Å². The number of unbranched alkanes of at least 4 members (excludes halogenated alkanes) is 7. The lowest BCUT2D eigenvalue weighted by atomic mass is 10.1. The molecule has 0 aromatic rings. The lowest BCUT2D eigenvalue weighted by molar-refractivity contribution is -0.161. The van der Waals surface area contributed by atoms with Gasteiger partial charge in [-0.15, -0.1) is 0 Å². The first-order valence-corrected chi connectivity index (χ1v) is 22.5. The van der Waals surface area contributed by atoms with Crippen molar-refractivity contribution in [3.8, 4) is 0 Å². The lowest BCUT2D eigenvalue weighted by Crippen LogP contribution is -2.29. The maximum Gasteiger partial charge on any atom is 0.472 e. The van der Waals surface area contributed by atoms with E-state index in [-0.39, 0.29) is 38.8 Å². The Balaban J connectivity index is 4.61. The summed E-state index contributed by atoms with van der Waals surface area (Å²) < 4.78 is 32.4. The van der Waals surface area contributed by atoms with Crippen molar-refractivity contribution in [1.29, 1.82) is 0 Å². The fourth-order valence-corrected chi connectivity index (χ4v) is 5.81. The molecule has 0 saturated carbocycles. The van der Waals surface area contributed by atoms with Gasteiger partial charge in [0.1, 0.15) is 6.61 Å². The normalized spacial score (nSPS) is 15.9. The standard InChI is InChI=1S/C45H74NO11P/c1-3-5-7-8-9-10-11-12-13-14-15-16-17-18-19-24-28-34-45(51)57-41(39-56-58(52,53)55-37-36-46)38-54-44(50)35-29-33-43(49)42(48)32-27-23-21-20-22-26-31-40(47)30-25-6-4-2/h6,12-13,15-16,18-23,25-27,31-32,40-43,47-49H,3-5,7-11,14,17,24,28-30,33-39,46H2,1-2H3,(H,52,53)/b13-12-,16-15-,19-18-,22-20+,23-21-,25-6-,31-26+,32-27-/t40-,41-,42+,43+/m1/s1. The number of aliphatic hydroxyl groups excluding tert-OH is 3. The average Bonchev–Trinajstić information content (AvgIpc) is 3.20. The molecule has 5 atom stereocenters. The van der Waals surface area contributed by atoms with E-state index in [4.69, 9.17) is 24.3 Å². The third kappa shape index (κ3) is 37.1. The Labute approximate surface area is 348 Å². The van der Waals surface area contributed by atoms with Crippen LogP contribution in [0.5, 0.6) is 0 Å². The Bertz CT molecular complexity index is 1320. The molecule has 0 saturated heterocycles. The molecule has 330 valence electrons. The van der Waals surface area contributed by atoms with Crippen molar-refractivity contribution in [2.45, 2.75) is 147 Å². The summed E-state index contributed by atoms with van der Waals surface area (Å²) in [5.74, 6) is -1.23. The van der Waals surface area contributed by atoms with E-state index in [0.717, 1.165) is 25.7 Å².